The van der Waals surface area contributed by atoms with Gasteiger partial charge in [-0.1, -0.05) is 31.4 Å². The SMILES string of the molecule is CC(N=NCC=CC1CCCCC1)C(=O)O. The Hall–Kier alpha value is -1.19. The molecule has 0 aliphatic heterocycles. The van der Waals surface area contributed by atoms with Crippen molar-refractivity contribution in [2.24, 2.45) is 16.1 Å². The van der Waals surface area contributed by atoms with Crippen molar-refractivity contribution in [3.05, 3.63) is 12.2 Å². The lowest BCUT2D eigenvalue weighted by molar-refractivity contribution is -0.138. The number of hydrogen-bond acceptors (Lipinski definition) is 3. The van der Waals surface area contributed by atoms with Crippen LogP contribution in [-0.2, 0) is 4.79 Å². The van der Waals surface area contributed by atoms with Gasteiger partial charge in [-0.25, -0.2) is 4.79 Å². The Balaban J connectivity index is 2.18. The molecule has 1 rings (SSSR count). The van der Waals surface area contributed by atoms with E-state index in [9.17, 15) is 4.79 Å². The molecule has 4 heteroatoms. The van der Waals surface area contributed by atoms with Crippen LogP contribution >= 0.6 is 0 Å². The maximum Gasteiger partial charge on any atom is 0.330 e. The predicted octanol–water partition coefficient (Wildman–Crippen LogP) is 3.05. The summed E-state index contributed by atoms with van der Waals surface area (Å²) in [6.45, 7) is 2.02. The molecule has 0 aromatic rings. The first-order valence-electron chi connectivity index (χ1n) is 5.96. The lowest BCUT2D eigenvalue weighted by Crippen LogP contribution is -2.12. The Morgan fingerprint density at radius 2 is 2.12 bits per heavy atom. The van der Waals surface area contributed by atoms with Crippen LogP contribution in [0.5, 0.6) is 0 Å². The van der Waals surface area contributed by atoms with Crippen molar-refractivity contribution in [3.63, 3.8) is 0 Å². The molecule has 0 radical (unpaired) electrons. The summed E-state index contributed by atoms with van der Waals surface area (Å²) in [4.78, 5) is 10.4. The quantitative estimate of drug-likeness (QED) is 0.576. The van der Waals surface area contributed by atoms with Crippen molar-refractivity contribution in [2.75, 3.05) is 6.54 Å². The number of azo groups is 1. The molecule has 1 fully saturated rings. The summed E-state index contributed by atoms with van der Waals surface area (Å²) in [5.74, 6) is -0.235. The van der Waals surface area contributed by atoms with E-state index in [0.29, 0.717) is 12.5 Å². The standard InChI is InChI=1S/C12H20N2O2/c1-10(12(15)16)14-13-9-5-8-11-6-3-2-4-7-11/h5,8,10-11H,2-4,6-7,9H2,1H3,(H,15,16). The number of carboxylic acid groups (broad SMARTS) is 1. The zero-order valence-electron chi connectivity index (χ0n) is 9.80. The van der Waals surface area contributed by atoms with E-state index < -0.39 is 12.0 Å². The van der Waals surface area contributed by atoms with Gasteiger partial charge in [0, 0.05) is 0 Å². The van der Waals surface area contributed by atoms with Crippen molar-refractivity contribution in [1.29, 1.82) is 0 Å². The highest BCUT2D eigenvalue weighted by Gasteiger charge is 2.09. The third-order valence-electron chi connectivity index (χ3n) is 2.86. The van der Waals surface area contributed by atoms with Crippen molar-refractivity contribution < 1.29 is 9.90 Å². The average Bonchev–Trinajstić information content (AvgIpc) is 2.29. The van der Waals surface area contributed by atoms with Gasteiger partial charge in [-0.15, -0.1) is 0 Å². The fourth-order valence-corrected chi connectivity index (χ4v) is 1.85. The Morgan fingerprint density at radius 1 is 1.44 bits per heavy atom. The molecule has 1 saturated carbocycles. The first-order chi connectivity index (χ1) is 7.70. The number of aliphatic carboxylic acids is 1. The van der Waals surface area contributed by atoms with Crippen LogP contribution in [0.4, 0.5) is 0 Å². The van der Waals surface area contributed by atoms with E-state index in [1.807, 2.05) is 6.08 Å². The molecule has 1 N–H and O–H groups in total. The highest BCUT2D eigenvalue weighted by atomic mass is 16.4. The zero-order valence-corrected chi connectivity index (χ0v) is 9.80. The van der Waals surface area contributed by atoms with Crippen LogP contribution < -0.4 is 0 Å². The van der Waals surface area contributed by atoms with Crippen LogP contribution in [0.1, 0.15) is 39.0 Å². The van der Waals surface area contributed by atoms with Crippen LogP contribution in [0.25, 0.3) is 0 Å². The second-order valence-corrected chi connectivity index (χ2v) is 4.28. The van der Waals surface area contributed by atoms with Gasteiger partial charge in [0.05, 0.1) is 6.54 Å². The summed E-state index contributed by atoms with van der Waals surface area (Å²) in [5.41, 5.74) is 0. The number of carbonyl (C=O) groups is 1. The van der Waals surface area contributed by atoms with Gasteiger partial charge in [0.15, 0.2) is 6.04 Å². The van der Waals surface area contributed by atoms with Crippen LogP contribution in [0.3, 0.4) is 0 Å². The summed E-state index contributed by atoms with van der Waals surface area (Å²) in [7, 11) is 0. The molecule has 1 atom stereocenters. The fourth-order valence-electron chi connectivity index (χ4n) is 1.85. The minimum Gasteiger partial charge on any atom is -0.480 e. The molecule has 0 spiro atoms. The van der Waals surface area contributed by atoms with Gasteiger partial charge in [-0.05, 0) is 25.7 Å². The minimum atomic E-state index is -0.931. The molecule has 0 heterocycles. The molecule has 1 unspecified atom stereocenters. The molecule has 0 saturated heterocycles. The molecule has 0 amide bonds. The van der Waals surface area contributed by atoms with E-state index in [1.165, 1.54) is 39.0 Å². The van der Waals surface area contributed by atoms with E-state index in [2.05, 4.69) is 16.3 Å². The van der Waals surface area contributed by atoms with Gasteiger partial charge in [0.25, 0.3) is 0 Å². The van der Waals surface area contributed by atoms with Crippen molar-refractivity contribution >= 4 is 5.97 Å². The van der Waals surface area contributed by atoms with Gasteiger partial charge in [-0.3, -0.25) is 0 Å². The van der Waals surface area contributed by atoms with Crippen LogP contribution in [-0.4, -0.2) is 23.7 Å². The first-order valence-corrected chi connectivity index (χ1v) is 5.96. The number of rotatable bonds is 5. The van der Waals surface area contributed by atoms with Crippen LogP contribution in [0.15, 0.2) is 22.4 Å². The van der Waals surface area contributed by atoms with Gasteiger partial charge < -0.3 is 5.11 Å². The number of carboxylic acids is 1. The Kier molecular flexibility index (Phi) is 5.75. The topological polar surface area (TPSA) is 62.0 Å². The summed E-state index contributed by atoms with van der Waals surface area (Å²) in [5, 5.41) is 16.1. The summed E-state index contributed by atoms with van der Waals surface area (Å²) in [6, 6.07) is -0.733. The normalized spacial score (nSPS) is 20.6. The molecule has 1 aliphatic carbocycles. The largest absolute Gasteiger partial charge is 0.480 e. The number of allylic oxidation sites excluding steroid dienone is 1. The molecular formula is C12H20N2O2. The molecule has 0 aromatic heterocycles. The van der Waals surface area contributed by atoms with Crippen molar-refractivity contribution in [2.45, 2.75) is 45.1 Å². The third kappa shape index (κ3) is 5.05. The van der Waals surface area contributed by atoms with Crippen LogP contribution in [0.2, 0.25) is 0 Å². The fraction of sp³-hybridized carbons (Fsp3) is 0.750. The average molecular weight is 224 g/mol. The molecule has 1 aliphatic rings. The highest BCUT2D eigenvalue weighted by Crippen LogP contribution is 2.24. The summed E-state index contributed by atoms with van der Waals surface area (Å²) < 4.78 is 0. The summed E-state index contributed by atoms with van der Waals surface area (Å²) in [6.07, 6.45) is 10.8. The first kappa shape index (κ1) is 12.9. The maximum absolute atomic E-state index is 10.4. The molecule has 0 aromatic carbocycles. The van der Waals surface area contributed by atoms with E-state index >= 15 is 0 Å². The Morgan fingerprint density at radius 3 is 2.75 bits per heavy atom. The van der Waals surface area contributed by atoms with E-state index in [0.717, 1.165) is 0 Å². The lowest BCUT2D eigenvalue weighted by Gasteiger charge is -2.17. The minimum absolute atomic E-state index is 0.494. The monoisotopic (exact) mass is 224 g/mol. The number of nitrogens with zero attached hydrogens (tertiary/aromatic N) is 2. The zero-order chi connectivity index (χ0) is 11.8. The lowest BCUT2D eigenvalue weighted by atomic mass is 9.89. The van der Waals surface area contributed by atoms with Gasteiger partial charge in [0.2, 0.25) is 0 Å². The second kappa shape index (κ2) is 7.14. The van der Waals surface area contributed by atoms with Gasteiger partial charge in [0.1, 0.15) is 0 Å². The Labute approximate surface area is 96.5 Å². The predicted molar refractivity (Wildman–Crippen MR) is 62.5 cm³/mol. The van der Waals surface area contributed by atoms with Crippen molar-refractivity contribution in [3.8, 4) is 0 Å². The van der Waals surface area contributed by atoms with Crippen molar-refractivity contribution in [1.82, 2.24) is 0 Å². The Bertz CT molecular complexity index is 268. The summed E-state index contributed by atoms with van der Waals surface area (Å²) >= 11 is 0. The van der Waals surface area contributed by atoms with E-state index in [1.54, 1.807) is 0 Å². The smallest absolute Gasteiger partial charge is 0.330 e. The van der Waals surface area contributed by atoms with Gasteiger partial charge in [-0.2, -0.15) is 10.2 Å². The van der Waals surface area contributed by atoms with E-state index in [-0.39, 0.29) is 0 Å². The van der Waals surface area contributed by atoms with Gasteiger partial charge >= 0.3 is 5.97 Å². The maximum atomic E-state index is 10.4. The molecule has 0 bridgehead atoms. The van der Waals surface area contributed by atoms with Crippen LogP contribution in [0, 0.1) is 5.92 Å². The molecular weight excluding hydrogens is 204 g/mol. The van der Waals surface area contributed by atoms with E-state index in [4.69, 9.17) is 5.11 Å². The molecule has 16 heavy (non-hydrogen) atoms. The second-order valence-electron chi connectivity index (χ2n) is 4.28. The molecule has 90 valence electrons. The number of hydrogen-bond donors (Lipinski definition) is 1. The third-order valence-corrected chi connectivity index (χ3v) is 2.86. The molecule has 4 nitrogen and oxygen atoms in total. The highest BCUT2D eigenvalue weighted by molar-refractivity contribution is 5.72.